The zero-order valence-electron chi connectivity index (χ0n) is 16.4. The minimum absolute atomic E-state index is 0.115. The SMILES string of the molecule is C[C@@H](C(=O)NCc1ccc2nccn2c1)N1CC(c2ccccc2)CC1C(N)=O. The third-order valence-electron chi connectivity index (χ3n) is 5.73. The number of fused-ring (bicyclic) bond motifs is 1. The molecule has 3 aromatic rings. The van der Waals surface area contributed by atoms with E-state index in [0.717, 1.165) is 11.2 Å². The molecule has 0 saturated carbocycles. The summed E-state index contributed by atoms with van der Waals surface area (Å²) in [5.74, 6) is -0.308. The molecule has 1 saturated heterocycles. The number of aromatic nitrogens is 2. The summed E-state index contributed by atoms with van der Waals surface area (Å²) in [6.45, 7) is 2.87. The van der Waals surface area contributed by atoms with Gasteiger partial charge in [-0.3, -0.25) is 14.5 Å². The number of nitrogens with two attached hydrogens (primary N) is 1. The quantitative estimate of drug-likeness (QED) is 0.669. The molecule has 1 aliphatic rings. The lowest BCUT2D eigenvalue weighted by molar-refractivity contribution is -0.129. The molecule has 2 amide bonds. The highest BCUT2D eigenvalue weighted by Gasteiger charge is 2.40. The first-order valence-corrected chi connectivity index (χ1v) is 9.82. The van der Waals surface area contributed by atoms with Crippen molar-refractivity contribution in [2.45, 2.75) is 37.9 Å². The molecule has 0 spiro atoms. The number of amides is 2. The van der Waals surface area contributed by atoms with Gasteiger partial charge in [0.2, 0.25) is 11.8 Å². The Balaban J connectivity index is 1.42. The van der Waals surface area contributed by atoms with Crippen LogP contribution in [0.25, 0.3) is 5.65 Å². The monoisotopic (exact) mass is 391 g/mol. The zero-order valence-corrected chi connectivity index (χ0v) is 16.4. The zero-order chi connectivity index (χ0) is 20.4. The fourth-order valence-electron chi connectivity index (χ4n) is 4.09. The van der Waals surface area contributed by atoms with Crippen LogP contribution in [0.4, 0.5) is 0 Å². The summed E-state index contributed by atoms with van der Waals surface area (Å²) in [7, 11) is 0. The number of nitrogens with zero attached hydrogens (tertiary/aromatic N) is 3. The molecule has 3 N–H and O–H groups in total. The van der Waals surface area contributed by atoms with Crippen LogP contribution < -0.4 is 11.1 Å². The van der Waals surface area contributed by atoms with Gasteiger partial charge in [-0.05, 0) is 36.5 Å². The Bertz CT molecular complexity index is 1020. The van der Waals surface area contributed by atoms with E-state index >= 15 is 0 Å². The van der Waals surface area contributed by atoms with Gasteiger partial charge in [-0.1, -0.05) is 36.4 Å². The number of pyridine rings is 1. The lowest BCUT2D eigenvalue weighted by Crippen LogP contribution is -2.51. The van der Waals surface area contributed by atoms with Crippen LogP contribution in [0, 0.1) is 0 Å². The van der Waals surface area contributed by atoms with E-state index in [1.54, 1.807) is 6.20 Å². The van der Waals surface area contributed by atoms with Crippen LogP contribution in [0.5, 0.6) is 0 Å². The van der Waals surface area contributed by atoms with Gasteiger partial charge in [-0.2, -0.15) is 0 Å². The summed E-state index contributed by atoms with van der Waals surface area (Å²) >= 11 is 0. The maximum atomic E-state index is 12.8. The molecule has 29 heavy (non-hydrogen) atoms. The fraction of sp³-hybridized carbons (Fsp3) is 0.318. The van der Waals surface area contributed by atoms with Crippen molar-refractivity contribution >= 4 is 17.5 Å². The average molecular weight is 391 g/mol. The van der Waals surface area contributed by atoms with Crippen LogP contribution in [0.15, 0.2) is 61.1 Å². The second-order valence-corrected chi connectivity index (χ2v) is 7.58. The smallest absolute Gasteiger partial charge is 0.237 e. The van der Waals surface area contributed by atoms with E-state index in [1.165, 1.54) is 5.56 Å². The summed E-state index contributed by atoms with van der Waals surface area (Å²) in [6.07, 6.45) is 6.18. The molecular weight excluding hydrogens is 366 g/mol. The predicted molar refractivity (Wildman–Crippen MR) is 110 cm³/mol. The highest BCUT2D eigenvalue weighted by atomic mass is 16.2. The number of nitrogens with one attached hydrogen (secondary N) is 1. The van der Waals surface area contributed by atoms with Crippen LogP contribution in [-0.4, -0.2) is 44.7 Å². The summed E-state index contributed by atoms with van der Waals surface area (Å²) in [4.78, 5) is 31.0. The van der Waals surface area contributed by atoms with Crippen molar-refractivity contribution in [3.05, 3.63) is 72.2 Å². The minimum Gasteiger partial charge on any atom is -0.368 e. The van der Waals surface area contributed by atoms with E-state index in [2.05, 4.69) is 22.4 Å². The summed E-state index contributed by atoms with van der Waals surface area (Å²) < 4.78 is 1.92. The number of carbonyl (C=O) groups is 2. The number of hydrogen-bond acceptors (Lipinski definition) is 4. The molecule has 3 atom stereocenters. The first kappa shape index (κ1) is 19.1. The van der Waals surface area contributed by atoms with Gasteiger partial charge in [0, 0.05) is 31.7 Å². The molecule has 1 fully saturated rings. The molecule has 0 bridgehead atoms. The molecule has 2 aromatic heterocycles. The second kappa shape index (κ2) is 8.05. The van der Waals surface area contributed by atoms with Gasteiger partial charge < -0.3 is 15.5 Å². The Hall–Kier alpha value is -3.19. The Kier molecular flexibility index (Phi) is 5.31. The molecule has 7 nitrogen and oxygen atoms in total. The topological polar surface area (TPSA) is 92.7 Å². The van der Waals surface area contributed by atoms with E-state index in [0.29, 0.717) is 19.5 Å². The predicted octanol–water partition coefficient (Wildman–Crippen LogP) is 1.68. The molecule has 1 aliphatic heterocycles. The Morgan fingerprint density at radius 1 is 1.24 bits per heavy atom. The number of imidazole rings is 1. The Labute approximate surface area is 169 Å². The number of carbonyl (C=O) groups excluding carboxylic acids is 2. The highest BCUT2D eigenvalue weighted by molar-refractivity contribution is 5.84. The van der Waals surface area contributed by atoms with E-state index in [9.17, 15) is 9.59 Å². The standard InChI is InChI=1S/C22H25N5O2/c1-15(22(29)25-12-16-7-8-20-24-9-10-26(20)13-16)27-14-18(11-19(27)21(23)28)17-5-3-2-4-6-17/h2-10,13,15,18-19H,11-12,14H2,1H3,(H2,23,28)(H,25,29)/t15-,18?,19?/m0/s1. The van der Waals surface area contributed by atoms with Crippen molar-refractivity contribution < 1.29 is 9.59 Å². The summed E-state index contributed by atoms with van der Waals surface area (Å²) in [6, 6.07) is 13.0. The molecular formula is C22H25N5O2. The Morgan fingerprint density at radius 3 is 2.79 bits per heavy atom. The van der Waals surface area contributed by atoms with Crippen molar-refractivity contribution in [3.63, 3.8) is 0 Å². The van der Waals surface area contributed by atoms with Gasteiger partial charge in [0.15, 0.2) is 0 Å². The number of likely N-dealkylation sites (tertiary alicyclic amines) is 1. The fourth-order valence-corrected chi connectivity index (χ4v) is 4.09. The maximum Gasteiger partial charge on any atom is 0.237 e. The third-order valence-corrected chi connectivity index (χ3v) is 5.73. The molecule has 7 heteroatoms. The van der Waals surface area contributed by atoms with Crippen LogP contribution in [0.2, 0.25) is 0 Å². The lowest BCUT2D eigenvalue weighted by Gasteiger charge is -2.28. The van der Waals surface area contributed by atoms with Gasteiger partial charge in [0.1, 0.15) is 5.65 Å². The van der Waals surface area contributed by atoms with E-state index in [1.807, 2.05) is 58.9 Å². The molecule has 3 heterocycles. The number of hydrogen-bond donors (Lipinski definition) is 2. The number of benzene rings is 1. The largest absolute Gasteiger partial charge is 0.368 e. The number of primary amides is 1. The molecule has 1 aromatic carbocycles. The first-order chi connectivity index (χ1) is 14.0. The Morgan fingerprint density at radius 2 is 2.03 bits per heavy atom. The van der Waals surface area contributed by atoms with Crippen LogP contribution in [0.3, 0.4) is 0 Å². The van der Waals surface area contributed by atoms with Gasteiger partial charge in [-0.25, -0.2) is 4.98 Å². The van der Waals surface area contributed by atoms with Gasteiger partial charge in [0.25, 0.3) is 0 Å². The first-order valence-electron chi connectivity index (χ1n) is 9.82. The maximum absolute atomic E-state index is 12.8. The van der Waals surface area contributed by atoms with Crippen molar-refractivity contribution in [2.24, 2.45) is 5.73 Å². The molecule has 150 valence electrons. The second-order valence-electron chi connectivity index (χ2n) is 7.58. The molecule has 0 aliphatic carbocycles. The van der Waals surface area contributed by atoms with Crippen molar-refractivity contribution in [3.8, 4) is 0 Å². The van der Waals surface area contributed by atoms with E-state index in [-0.39, 0.29) is 17.7 Å². The molecule has 2 unspecified atom stereocenters. The highest BCUT2D eigenvalue weighted by Crippen LogP contribution is 2.33. The third kappa shape index (κ3) is 4.00. The van der Waals surface area contributed by atoms with Crippen molar-refractivity contribution in [1.82, 2.24) is 19.6 Å². The van der Waals surface area contributed by atoms with Crippen LogP contribution in [0.1, 0.15) is 30.4 Å². The summed E-state index contributed by atoms with van der Waals surface area (Å²) in [5.41, 5.74) is 8.66. The van der Waals surface area contributed by atoms with E-state index in [4.69, 9.17) is 5.73 Å². The van der Waals surface area contributed by atoms with Crippen LogP contribution in [-0.2, 0) is 16.1 Å². The van der Waals surface area contributed by atoms with Gasteiger partial charge >= 0.3 is 0 Å². The molecule has 4 rings (SSSR count). The van der Waals surface area contributed by atoms with E-state index < -0.39 is 12.1 Å². The normalized spacial score (nSPS) is 20.6. The van der Waals surface area contributed by atoms with Gasteiger partial charge in [0.05, 0.1) is 12.1 Å². The van der Waals surface area contributed by atoms with Crippen molar-refractivity contribution in [2.75, 3.05) is 6.54 Å². The number of rotatable bonds is 6. The average Bonchev–Trinajstić information content (AvgIpc) is 3.39. The van der Waals surface area contributed by atoms with Crippen molar-refractivity contribution in [1.29, 1.82) is 0 Å². The van der Waals surface area contributed by atoms with Crippen LogP contribution >= 0.6 is 0 Å². The van der Waals surface area contributed by atoms with Gasteiger partial charge in [-0.15, -0.1) is 0 Å². The molecule has 0 radical (unpaired) electrons. The lowest BCUT2D eigenvalue weighted by atomic mass is 9.96. The summed E-state index contributed by atoms with van der Waals surface area (Å²) in [5, 5.41) is 2.98. The minimum atomic E-state index is -0.446.